The summed E-state index contributed by atoms with van der Waals surface area (Å²) in [5.74, 6) is 0.595. The van der Waals surface area contributed by atoms with Crippen molar-refractivity contribution in [1.29, 1.82) is 0 Å². The summed E-state index contributed by atoms with van der Waals surface area (Å²) >= 11 is 0. The number of carbonyl (C=O) groups excluding carboxylic acids is 1. The maximum Gasteiger partial charge on any atom is 0.412 e. The normalized spacial score (nSPS) is 10.5. The molecule has 116 valence electrons. The van der Waals surface area contributed by atoms with E-state index in [2.05, 4.69) is 10.3 Å². The van der Waals surface area contributed by atoms with Crippen LogP contribution in [0.1, 0.15) is 6.92 Å². The Morgan fingerprint density at radius 2 is 2.09 bits per heavy atom. The van der Waals surface area contributed by atoms with Crippen molar-refractivity contribution >= 4 is 22.9 Å². The summed E-state index contributed by atoms with van der Waals surface area (Å²) in [4.78, 5) is 27.9. The zero-order valence-corrected chi connectivity index (χ0v) is 12.4. The Bertz CT molecular complexity index is 918. The number of anilines is 1. The van der Waals surface area contributed by atoms with Gasteiger partial charge in [-0.1, -0.05) is 12.1 Å². The molecule has 0 aliphatic heterocycles. The molecule has 1 amide bonds. The molecule has 1 N–H and O–H groups in total. The predicted octanol–water partition coefficient (Wildman–Crippen LogP) is 3.42. The maximum absolute atomic E-state index is 12.2. The summed E-state index contributed by atoms with van der Waals surface area (Å²) in [5.41, 5.74) is 0.817. The Morgan fingerprint density at radius 3 is 2.91 bits per heavy atom. The first-order valence-corrected chi connectivity index (χ1v) is 7.11. The number of hydrogen-bond donors (Lipinski definition) is 1. The average Bonchev–Trinajstić information content (AvgIpc) is 2.55. The number of nitrogens with zero attached hydrogens (tertiary/aromatic N) is 1. The lowest BCUT2D eigenvalue weighted by Gasteiger charge is -2.09. The molecule has 0 aliphatic carbocycles. The first-order valence-electron chi connectivity index (χ1n) is 7.11. The van der Waals surface area contributed by atoms with Gasteiger partial charge in [0.05, 0.1) is 17.6 Å². The molecule has 0 radical (unpaired) electrons. The molecule has 0 saturated carbocycles. The summed E-state index contributed by atoms with van der Waals surface area (Å²) in [6, 6.07) is 11.8. The highest BCUT2D eigenvalue weighted by molar-refractivity contribution is 5.89. The van der Waals surface area contributed by atoms with E-state index < -0.39 is 6.09 Å². The summed E-state index contributed by atoms with van der Waals surface area (Å²) < 4.78 is 10.6. The molecule has 23 heavy (non-hydrogen) atoms. The molecule has 6 nitrogen and oxygen atoms in total. The van der Waals surface area contributed by atoms with Gasteiger partial charge in [0, 0.05) is 12.3 Å². The van der Waals surface area contributed by atoms with Crippen molar-refractivity contribution in [3.05, 3.63) is 58.9 Å². The van der Waals surface area contributed by atoms with E-state index in [1.807, 2.05) is 0 Å². The molecule has 0 fully saturated rings. The van der Waals surface area contributed by atoms with Crippen LogP contribution in [0.3, 0.4) is 0 Å². The number of ether oxygens (including phenoxy) is 1. The van der Waals surface area contributed by atoms with E-state index in [1.165, 1.54) is 12.3 Å². The second-order valence-electron chi connectivity index (χ2n) is 4.72. The van der Waals surface area contributed by atoms with Gasteiger partial charge in [0.15, 0.2) is 5.43 Å². The number of nitrogens with one attached hydrogen (secondary N) is 1. The van der Waals surface area contributed by atoms with Gasteiger partial charge in [-0.3, -0.25) is 10.1 Å². The van der Waals surface area contributed by atoms with Crippen molar-refractivity contribution in [2.75, 3.05) is 11.9 Å². The molecule has 0 unspecified atom stereocenters. The molecule has 0 aliphatic rings. The van der Waals surface area contributed by atoms with Gasteiger partial charge >= 0.3 is 6.09 Å². The van der Waals surface area contributed by atoms with Gasteiger partial charge in [-0.05, 0) is 31.2 Å². The number of hydrogen-bond acceptors (Lipinski definition) is 5. The van der Waals surface area contributed by atoms with Crippen LogP contribution in [0.15, 0.2) is 57.9 Å². The van der Waals surface area contributed by atoms with Crippen LogP contribution in [0.2, 0.25) is 0 Å². The zero-order chi connectivity index (χ0) is 16.2. The third-order valence-electron chi connectivity index (χ3n) is 3.20. The van der Waals surface area contributed by atoms with E-state index in [9.17, 15) is 9.59 Å². The predicted molar refractivity (Wildman–Crippen MR) is 86.4 cm³/mol. The fourth-order valence-electron chi connectivity index (χ4n) is 2.20. The van der Waals surface area contributed by atoms with E-state index in [0.29, 0.717) is 22.3 Å². The highest BCUT2D eigenvalue weighted by Crippen LogP contribution is 2.27. The minimum Gasteiger partial charge on any atom is -0.456 e. The Kier molecular flexibility index (Phi) is 4.05. The third-order valence-corrected chi connectivity index (χ3v) is 3.20. The molecule has 2 heterocycles. The van der Waals surface area contributed by atoms with E-state index in [0.717, 1.165) is 0 Å². The van der Waals surface area contributed by atoms with Gasteiger partial charge in [-0.2, -0.15) is 0 Å². The van der Waals surface area contributed by atoms with Gasteiger partial charge in [0.25, 0.3) is 0 Å². The Morgan fingerprint density at radius 1 is 1.26 bits per heavy atom. The van der Waals surface area contributed by atoms with Gasteiger partial charge in [-0.25, -0.2) is 9.78 Å². The standard InChI is InChI=1S/C17H14N2O4/c1-2-22-17(21)19-16-12(7-5-9-18-16)15-10-13(20)11-6-3-4-8-14(11)23-15/h3-10H,2H2,1H3,(H,18,19,21). The number of fused-ring (bicyclic) bond motifs is 1. The molecule has 1 aromatic carbocycles. The number of aromatic nitrogens is 1. The Hall–Kier alpha value is -3.15. The third kappa shape index (κ3) is 3.06. The lowest BCUT2D eigenvalue weighted by Crippen LogP contribution is -2.15. The molecule has 3 aromatic rings. The zero-order valence-electron chi connectivity index (χ0n) is 12.4. The van der Waals surface area contributed by atoms with Crippen LogP contribution in [-0.4, -0.2) is 17.7 Å². The van der Waals surface area contributed by atoms with Gasteiger partial charge in [0.1, 0.15) is 17.2 Å². The summed E-state index contributed by atoms with van der Waals surface area (Å²) in [5, 5.41) is 3.04. The lowest BCUT2D eigenvalue weighted by atomic mass is 10.1. The molecule has 0 atom stereocenters. The monoisotopic (exact) mass is 310 g/mol. The van der Waals surface area contributed by atoms with Crippen LogP contribution in [0.5, 0.6) is 0 Å². The summed E-state index contributed by atoms with van der Waals surface area (Å²) in [6.45, 7) is 1.96. The SMILES string of the molecule is CCOC(=O)Nc1ncccc1-c1cc(=O)c2ccccc2o1. The molecular formula is C17H14N2O4. The van der Waals surface area contributed by atoms with Crippen molar-refractivity contribution in [2.45, 2.75) is 6.92 Å². The van der Waals surface area contributed by atoms with E-state index in [-0.39, 0.29) is 17.9 Å². The number of benzene rings is 1. The molecular weight excluding hydrogens is 296 g/mol. The molecule has 6 heteroatoms. The number of amides is 1. The van der Waals surface area contributed by atoms with Crippen LogP contribution in [0, 0.1) is 0 Å². The fourth-order valence-corrected chi connectivity index (χ4v) is 2.20. The number of rotatable bonds is 3. The number of para-hydroxylation sites is 1. The van der Waals surface area contributed by atoms with Crippen molar-refractivity contribution in [1.82, 2.24) is 4.98 Å². The lowest BCUT2D eigenvalue weighted by molar-refractivity contribution is 0.168. The average molecular weight is 310 g/mol. The van der Waals surface area contributed by atoms with Gasteiger partial charge in [-0.15, -0.1) is 0 Å². The fraction of sp³-hybridized carbons (Fsp3) is 0.118. The molecule has 0 spiro atoms. The number of carbonyl (C=O) groups is 1. The van der Waals surface area contributed by atoms with E-state index >= 15 is 0 Å². The Labute approximate surface area is 131 Å². The topological polar surface area (TPSA) is 81.4 Å². The maximum atomic E-state index is 12.2. The largest absolute Gasteiger partial charge is 0.456 e. The van der Waals surface area contributed by atoms with Gasteiger partial charge in [0.2, 0.25) is 0 Å². The highest BCUT2D eigenvalue weighted by Gasteiger charge is 2.13. The van der Waals surface area contributed by atoms with Crippen molar-refractivity contribution in [3.8, 4) is 11.3 Å². The van der Waals surface area contributed by atoms with Crippen molar-refractivity contribution in [3.63, 3.8) is 0 Å². The van der Waals surface area contributed by atoms with E-state index in [1.54, 1.807) is 43.3 Å². The second-order valence-corrected chi connectivity index (χ2v) is 4.72. The first-order chi connectivity index (χ1) is 11.2. The first kappa shape index (κ1) is 14.8. The minimum absolute atomic E-state index is 0.159. The smallest absolute Gasteiger partial charge is 0.412 e. The molecule has 0 bridgehead atoms. The van der Waals surface area contributed by atoms with Crippen LogP contribution < -0.4 is 10.7 Å². The second kappa shape index (κ2) is 6.31. The summed E-state index contributed by atoms with van der Waals surface area (Å²) in [7, 11) is 0. The van der Waals surface area contributed by atoms with Crippen LogP contribution in [0.25, 0.3) is 22.3 Å². The van der Waals surface area contributed by atoms with Gasteiger partial charge < -0.3 is 9.15 Å². The highest BCUT2D eigenvalue weighted by atomic mass is 16.5. The molecule has 2 aromatic heterocycles. The Balaban J connectivity index is 2.08. The minimum atomic E-state index is -0.615. The molecule has 0 saturated heterocycles. The van der Waals surface area contributed by atoms with Crippen molar-refractivity contribution < 1.29 is 13.9 Å². The van der Waals surface area contributed by atoms with E-state index in [4.69, 9.17) is 9.15 Å². The van der Waals surface area contributed by atoms with Crippen LogP contribution >= 0.6 is 0 Å². The van der Waals surface area contributed by atoms with Crippen LogP contribution in [0.4, 0.5) is 10.6 Å². The van der Waals surface area contributed by atoms with Crippen LogP contribution in [-0.2, 0) is 4.74 Å². The van der Waals surface area contributed by atoms with Crippen molar-refractivity contribution in [2.24, 2.45) is 0 Å². The molecule has 3 rings (SSSR count). The quantitative estimate of drug-likeness (QED) is 0.801. The summed E-state index contributed by atoms with van der Waals surface area (Å²) in [6.07, 6.45) is 0.917. The number of pyridine rings is 1.